The molecule has 0 aromatic heterocycles. The zero-order chi connectivity index (χ0) is 16.3. The van der Waals surface area contributed by atoms with Gasteiger partial charge in [-0.25, -0.2) is 4.79 Å². The van der Waals surface area contributed by atoms with Crippen LogP contribution in [-0.2, 0) is 9.59 Å². The lowest BCUT2D eigenvalue weighted by Crippen LogP contribution is -2.43. The molecule has 1 atom stereocenters. The molecule has 0 aliphatic carbocycles. The third-order valence-corrected chi connectivity index (χ3v) is 4.79. The van der Waals surface area contributed by atoms with Crippen molar-refractivity contribution in [2.45, 2.75) is 32.7 Å². The van der Waals surface area contributed by atoms with Crippen molar-refractivity contribution in [1.82, 2.24) is 4.90 Å². The van der Waals surface area contributed by atoms with Crippen molar-refractivity contribution in [3.63, 3.8) is 0 Å². The van der Waals surface area contributed by atoms with Crippen molar-refractivity contribution in [1.29, 1.82) is 0 Å². The molecule has 1 saturated heterocycles. The molecule has 1 N–H and O–H groups in total. The van der Waals surface area contributed by atoms with E-state index in [9.17, 15) is 14.7 Å². The monoisotopic (exact) mass is 335 g/mol. The Hall–Kier alpha value is -1.66. The van der Waals surface area contributed by atoms with Gasteiger partial charge in [-0.1, -0.05) is 61.6 Å². The number of aryl methyl sites for hydroxylation is 1. The van der Waals surface area contributed by atoms with Crippen LogP contribution >= 0.6 is 24.0 Å². The summed E-state index contributed by atoms with van der Waals surface area (Å²) in [6, 6.07) is 6.82. The smallest absolute Gasteiger partial charge is 0.326 e. The Morgan fingerprint density at radius 3 is 2.73 bits per heavy atom. The third-order valence-electron chi connectivity index (χ3n) is 3.46. The Bertz CT molecular complexity index is 655. The minimum absolute atomic E-state index is 0.311. The summed E-state index contributed by atoms with van der Waals surface area (Å²) in [4.78, 5) is 25.6. The van der Waals surface area contributed by atoms with Gasteiger partial charge in [-0.05, 0) is 30.5 Å². The highest BCUT2D eigenvalue weighted by Crippen LogP contribution is 2.35. The first-order valence-corrected chi connectivity index (χ1v) is 8.23. The topological polar surface area (TPSA) is 57.6 Å². The lowest BCUT2D eigenvalue weighted by atomic mass is 10.1. The molecule has 1 aromatic rings. The molecule has 4 nitrogen and oxygen atoms in total. The third kappa shape index (κ3) is 3.39. The van der Waals surface area contributed by atoms with Crippen LogP contribution in [0.1, 0.15) is 30.9 Å². The number of carbonyl (C=O) groups is 2. The lowest BCUT2D eigenvalue weighted by Gasteiger charge is -2.22. The Kier molecular flexibility index (Phi) is 5.37. The van der Waals surface area contributed by atoms with E-state index in [0.29, 0.717) is 22.1 Å². The van der Waals surface area contributed by atoms with Crippen LogP contribution in [0.2, 0.25) is 0 Å². The first-order valence-electron chi connectivity index (χ1n) is 7.01. The first-order chi connectivity index (χ1) is 10.5. The molecule has 1 fully saturated rings. The first kappa shape index (κ1) is 16.7. The molecule has 1 heterocycles. The fourth-order valence-corrected chi connectivity index (χ4v) is 3.62. The second kappa shape index (κ2) is 7.07. The van der Waals surface area contributed by atoms with E-state index in [2.05, 4.69) is 0 Å². The number of benzene rings is 1. The van der Waals surface area contributed by atoms with Gasteiger partial charge in [0.15, 0.2) is 0 Å². The largest absolute Gasteiger partial charge is 0.480 e. The van der Waals surface area contributed by atoms with E-state index in [1.165, 1.54) is 4.90 Å². The molecular formula is C16H17NO3S2. The molecule has 0 saturated carbocycles. The van der Waals surface area contributed by atoms with E-state index in [1.54, 1.807) is 6.08 Å². The molecule has 1 aromatic carbocycles. The number of amides is 1. The Balaban J connectivity index is 2.32. The number of thioether (sulfide) groups is 1. The number of aliphatic carboxylic acids is 1. The number of thiocarbonyl (C=S) groups is 1. The standard InChI is InChI=1S/C16H17NO3S2/c1-3-6-12(15(19)20)17-14(18)13(22-16(17)21)9-11-8-5-4-7-10(11)2/h4-5,7-9,12H,3,6H2,1-2H3,(H,19,20)/b13-9-/t12-/m1/s1. The number of nitrogens with zero attached hydrogens (tertiary/aromatic N) is 1. The highest BCUT2D eigenvalue weighted by molar-refractivity contribution is 8.26. The van der Waals surface area contributed by atoms with Gasteiger partial charge in [0.1, 0.15) is 10.4 Å². The molecule has 0 spiro atoms. The van der Waals surface area contributed by atoms with E-state index in [4.69, 9.17) is 12.2 Å². The van der Waals surface area contributed by atoms with Crippen LogP contribution in [0.25, 0.3) is 6.08 Å². The quantitative estimate of drug-likeness (QED) is 0.660. The molecule has 1 aliphatic heterocycles. The maximum atomic E-state index is 12.5. The predicted molar refractivity (Wildman–Crippen MR) is 92.5 cm³/mol. The maximum Gasteiger partial charge on any atom is 0.326 e. The summed E-state index contributed by atoms with van der Waals surface area (Å²) in [7, 11) is 0. The van der Waals surface area contributed by atoms with Gasteiger partial charge in [-0.3, -0.25) is 9.69 Å². The average Bonchev–Trinajstić information content (AvgIpc) is 2.73. The van der Waals surface area contributed by atoms with Crippen LogP contribution in [0.3, 0.4) is 0 Å². The second-order valence-electron chi connectivity index (χ2n) is 5.05. The van der Waals surface area contributed by atoms with Gasteiger partial charge in [0.25, 0.3) is 5.91 Å². The molecule has 1 amide bonds. The van der Waals surface area contributed by atoms with Crippen molar-refractivity contribution >= 4 is 46.3 Å². The van der Waals surface area contributed by atoms with Gasteiger partial charge in [-0.15, -0.1) is 0 Å². The highest BCUT2D eigenvalue weighted by Gasteiger charge is 2.39. The van der Waals surface area contributed by atoms with E-state index in [1.807, 2.05) is 38.1 Å². The van der Waals surface area contributed by atoms with Gasteiger partial charge in [0.05, 0.1) is 4.91 Å². The number of rotatable bonds is 5. The zero-order valence-electron chi connectivity index (χ0n) is 12.4. The Morgan fingerprint density at radius 1 is 1.45 bits per heavy atom. The summed E-state index contributed by atoms with van der Waals surface area (Å²) in [6.45, 7) is 3.85. The molecule has 2 rings (SSSR count). The van der Waals surface area contributed by atoms with Crippen LogP contribution in [0.5, 0.6) is 0 Å². The fraction of sp³-hybridized carbons (Fsp3) is 0.312. The summed E-state index contributed by atoms with van der Waals surface area (Å²) in [5.74, 6) is -1.34. The number of carboxylic acid groups (broad SMARTS) is 1. The molecule has 0 radical (unpaired) electrons. The molecule has 0 unspecified atom stereocenters. The molecule has 1 aliphatic rings. The minimum atomic E-state index is -1.02. The van der Waals surface area contributed by atoms with Crippen molar-refractivity contribution in [2.75, 3.05) is 0 Å². The van der Waals surface area contributed by atoms with Crippen molar-refractivity contribution in [3.8, 4) is 0 Å². The fourth-order valence-electron chi connectivity index (χ4n) is 2.27. The summed E-state index contributed by atoms with van der Waals surface area (Å²) in [5, 5.41) is 9.34. The van der Waals surface area contributed by atoms with E-state index >= 15 is 0 Å². The SMILES string of the molecule is CCC[C@H](C(=O)O)N1C(=O)/C(=C/c2ccccc2C)SC1=S. The van der Waals surface area contributed by atoms with Gasteiger partial charge in [0.2, 0.25) is 0 Å². The summed E-state index contributed by atoms with van der Waals surface area (Å²) in [5.41, 5.74) is 1.99. The van der Waals surface area contributed by atoms with Crippen LogP contribution in [0, 0.1) is 6.92 Å². The zero-order valence-corrected chi connectivity index (χ0v) is 14.0. The minimum Gasteiger partial charge on any atom is -0.480 e. The Morgan fingerprint density at radius 2 is 2.14 bits per heavy atom. The lowest BCUT2D eigenvalue weighted by molar-refractivity contribution is -0.145. The van der Waals surface area contributed by atoms with Gasteiger partial charge < -0.3 is 5.11 Å². The van der Waals surface area contributed by atoms with Crippen molar-refractivity contribution in [3.05, 3.63) is 40.3 Å². The van der Waals surface area contributed by atoms with Gasteiger partial charge in [0, 0.05) is 0 Å². The number of carboxylic acids is 1. The summed E-state index contributed by atoms with van der Waals surface area (Å²) >= 11 is 6.38. The van der Waals surface area contributed by atoms with Gasteiger partial charge in [-0.2, -0.15) is 0 Å². The second-order valence-corrected chi connectivity index (χ2v) is 6.73. The van der Waals surface area contributed by atoms with Crippen LogP contribution in [0.4, 0.5) is 0 Å². The van der Waals surface area contributed by atoms with E-state index in [0.717, 1.165) is 22.9 Å². The normalized spacial score (nSPS) is 18.1. The maximum absolute atomic E-state index is 12.5. The molecular weight excluding hydrogens is 318 g/mol. The molecule has 116 valence electrons. The van der Waals surface area contributed by atoms with Crippen LogP contribution < -0.4 is 0 Å². The molecule has 0 bridgehead atoms. The predicted octanol–water partition coefficient (Wildman–Crippen LogP) is 3.45. The number of hydrogen-bond acceptors (Lipinski definition) is 4. The summed E-state index contributed by atoms with van der Waals surface area (Å²) in [6.07, 6.45) is 2.84. The van der Waals surface area contributed by atoms with Crippen molar-refractivity contribution in [2.24, 2.45) is 0 Å². The molecule has 6 heteroatoms. The number of carbonyl (C=O) groups excluding carboxylic acids is 1. The molecule has 22 heavy (non-hydrogen) atoms. The Labute approximate surface area is 139 Å². The van der Waals surface area contributed by atoms with Gasteiger partial charge >= 0.3 is 5.97 Å². The average molecular weight is 335 g/mol. The van der Waals surface area contributed by atoms with E-state index in [-0.39, 0.29) is 5.91 Å². The van der Waals surface area contributed by atoms with Crippen molar-refractivity contribution < 1.29 is 14.7 Å². The van der Waals surface area contributed by atoms with Crippen LogP contribution in [-0.4, -0.2) is 32.2 Å². The summed E-state index contributed by atoms with van der Waals surface area (Å²) < 4.78 is 0.311. The van der Waals surface area contributed by atoms with E-state index < -0.39 is 12.0 Å². The van der Waals surface area contributed by atoms with Crippen LogP contribution in [0.15, 0.2) is 29.2 Å². The highest BCUT2D eigenvalue weighted by atomic mass is 32.2. The number of hydrogen-bond donors (Lipinski definition) is 1.